The maximum atomic E-state index is 12.4. The van der Waals surface area contributed by atoms with Gasteiger partial charge in [-0.15, -0.1) is 0 Å². The Hall–Kier alpha value is -1.33. The Kier molecular flexibility index (Phi) is 5.00. The van der Waals surface area contributed by atoms with Gasteiger partial charge in [-0.2, -0.15) is 13.2 Å². The van der Waals surface area contributed by atoms with E-state index in [9.17, 15) is 22.5 Å². The van der Waals surface area contributed by atoms with E-state index in [4.69, 9.17) is 10.8 Å². The fourth-order valence-electron chi connectivity index (χ4n) is 1.60. The Labute approximate surface area is 114 Å². The van der Waals surface area contributed by atoms with Crippen molar-refractivity contribution >= 4 is 18.4 Å². The number of carboxylic acids is 1. The van der Waals surface area contributed by atoms with Crippen molar-refractivity contribution in [3.05, 3.63) is 29.8 Å². The van der Waals surface area contributed by atoms with Gasteiger partial charge >= 0.3 is 12.1 Å². The molecule has 1 rings (SSSR count). The molecule has 0 fully saturated rings. The molecule has 0 saturated heterocycles. The number of benzene rings is 1. The first-order valence-corrected chi connectivity index (χ1v) is 8.11. The number of nitrogens with two attached hydrogens (primary N) is 1. The molecule has 0 radical (unpaired) electrons. The van der Waals surface area contributed by atoms with E-state index in [0.717, 1.165) is 24.3 Å². The quantitative estimate of drug-likeness (QED) is 0.817. The van der Waals surface area contributed by atoms with Crippen LogP contribution < -0.4 is 11.0 Å². The summed E-state index contributed by atoms with van der Waals surface area (Å²) in [5.74, 6) is -1.20. The number of carboxylic acid groups (broad SMARTS) is 1. The van der Waals surface area contributed by atoms with Crippen LogP contribution in [0.25, 0.3) is 0 Å². The average molecular weight is 309 g/mol. The van der Waals surface area contributed by atoms with Crippen LogP contribution in [0.5, 0.6) is 0 Å². The maximum absolute atomic E-state index is 12.4. The molecular weight excluding hydrogens is 294 g/mol. The molecule has 1 aromatic carbocycles. The zero-order valence-corrected chi connectivity index (χ0v) is 11.6. The lowest BCUT2D eigenvalue weighted by Crippen LogP contribution is -2.31. The predicted octanol–water partition coefficient (Wildman–Crippen LogP) is 2.13. The highest BCUT2D eigenvalue weighted by Gasteiger charge is 2.31. The van der Waals surface area contributed by atoms with Crippen molar-refractivity contribution in [1.29, 1.82) is 0 Å². The Morgan fingerprint density at radius 3 is 2.25 bits per heavy atom. The van der Waals surface area contributed by atoms with Crippen LogP contribution in [-0.4, -0.2) is 29.9 Å². The molecule has 0 aromatic heterocycles. The standard InChI is InChI=1S/C12H15F3NO3P/c1-20(19,7-6-10(16)11(17)18)9-4-2-8(3-5-9)12(13,14)15/h2-5,10H,6-7,16H2,1H3,(H,17,18). The van der Waals surface area contributed by atoms with E-state index in [-0.39, 0.29) is 17.9 Å². The second kappa shape index (κ2) is 5.97. The number of hydrogen-bond donors (Lipinski definition) is 2. The molecular formula is C12H15F3NO3P. The molecule has 20 heavy (non-hydrogen) atoms. The van der Waals surface area contributed by atoms with Gasteiger partial charge in [-0.3, -0.25) is 4.79 Å². The van der Waals surface area contributed by atoms with Crippen molar-refractivity contribution in [2.75, 3.05) is 12.8 Å². The van der Waals surface area contributed by atoms with Gasteiger partial charge in [-0.05, 0) is 25.2 Å². The molecule has 1 aromatic rings. The Bertz CT molecular complexity index is 528. The van der Waals surface area contributed by atoms with Crippen molar-refractivity contribution in [3.8, 4) is 0 Å². The molecule has 0 aliphatic carbocycles. The fourth-order valence-corrected chi connectivity index (χ4v) is 3.41. The van der Waals surface area contributed by atoms with E-state index in [1.807, 2.05) is 0 Å². The summed E-state index contributed by atoms with van der Waals surface area (Å²) >= 11 is 0. The third kappa shape index (κ3) is 4.35. The molecule has 3 N–H and O–H groups in total. The minimum Gasteiger partial charge on any atom is -0.480 e. The van der Waals surface area contributed by atoms with Gasteiger partial charge in [-0.1, -0.05) is 12.1 Å². The van der Waals surface area contributed by atoms with Gasteiger partial charge < -0.3 is 15.4 Å². The highest BCUT2D eigenvalue weighted by molar-refractivity contribution is 7.70. The monoisotopic (exact) mass is 309 g/mol. The predicted molar refractivity (Wildman–Crippen MR) is 69.7 cm³/mol. The number of alkyl halides is 3. The highest BCUT2D eigenvalue weighted by Crippen LogP contribution is 2.41. The first-order valence-electron chi connectivity index (χ1n) is 5.77. The lowest BCUT2D eigenvalue weighted by Gasteiger charge is -2.16. The van der Waals surface area contributed by atoms with Crippen molar-refractivity contribution in [2.24, 2.45) is 5.73 Å². The van der Waals surface area contributed by atoms with Gasteiger partial charge in [0.05, 0.1) is 5.56 Å². The summed E-state index contributed by atoms with van der Waals surface area (Å²) in [6.07, 6.45) is -4.40. The molecule has 112 valence electrons. The maximum Gasteiger partial charge on any atom is 0.416 e. The second-order valence-electron chi connectivity index (χ2n) is 4.60. The summed E-state index contributed by atoms with van der Waals surface area (Å²) < 4.78 is 49.6. The Balaban J connectivity index is 2.83. The van der Waals surface area contributed by atoms with Gasteiger partial charge in [0.2, 0.25) is 0 Å². The van der Waals surface area contributed by atoms with Crippen LogP contribution in [0.2, 0.25) is 0 Å². The second-order valence-corrected chi connectivity index (χ2v) is 7.77. The van der Waals surface area contributed by atoms with E-state index in [0.29, 0.717) is 0 Å². The zero-order chi connectivity index (χ0) is 15.6. The summed E-state index contributed by atoms with van der Waals surface area (Å²) in [5, 5.41) is 8.92. The van der Waals surface area contributed by atoms with Gasteiger partial charge in [0.15, 0.2) is 0 Å². The molecule has 0 spiro atoms. The van der Waals surface area contributed by atoms with Crippen molar-refractivity contribution < 1.29 is 27.6 Å². The van der Waals surface area contributed by atoms with Crippen LogP contribution in [0.15, 0.2) is 24.3 Å². The molecule has 0 saturated carbocycles. The minimum absolute atomic E-state index is 0.00410. The average Bonchev–Trinajstić information content (AvgIpc) is 2.35. The van der Waals surface area contributed by atoms with Crippen LogP contribution in [0.3, 0.4) is 0 Å². The smallest absolute Gasteiger partial charge is 0.416 e. The summed E-state index contributed by atoms with van der Waals surface area (Å²) in [7, 11) is -2.92. The zero-order valence-electron chi connectivity index (χ0n) is 10.7. The van der Waals surface area contributed by atoms with E-state index >= 15 is 0 Å². The normalized spacial score (nSPS) is 16.4. The largest absolute Gasteiger partial charge is 0.480 e. The molecule has 0 amide bonds. The summed E-state index contributed by atoms with van der Waals surface area (Å²) in [6.45, 7) is 1.41. The lowest BCUT2D eigenvalue weighted by molar-refractivity contribution is -0.139. The summed E-state index contributed by atoms with van der Waals surface area (Å²) in [5.41, 5.74) is 4.50. The van der Waals surface area contributed by atoms with E-state index in [2.05, 4.69) is 0 Å². The van der Waals surface area contributed by atoms with Crippen molar-refractivity contribution in [3.63, 3.8) is 0 Å². The van der Waals surface area contributed by atoms with Crippen molar-refractivity contribution in [2.45, 2.75) is 18.6 Å². The van der Waals surface area contributed by atoms with E-state index in [1.54, 1.807) is 0 Å². The SMILES string of the molecule is CP(=O)(CCC(N)C(=O)O)c1ccc(C(F)(F)F)cc1. The molecule has 0 aliphatic rings. The topological polar surface area (TPSA) is 80.4 Å². The lowest BCUT2D eigenvalue weighted by atomic mass is 10.2. The van der Waals surface area contributed by atoms with Crippen LogP contribution in [-0.2, 0) is 15.5 Å². The number of carbonyl (C=O) groups is 1. The number of hydrogen-bond acceptors (Lipinski definition) is 3. The van der Waals surface area contributed by atoms with Crippen LogP contribution in [0.4, 0.5) is 13.2 Å². The van der Waals surface area contributed by atoms with Gasteiger partial charge in [0, 0.05) is 11.5 Å². The van der Waals surface area contributed by atoms with Gasteiger partial charge in [-0.25, -0.2) is 0 Å². The first kappa shape index (κ1) is 16.7. The molecule has 2 unspecified atom stereocenters. The first-order chi connectivity index (χ1) is 9.04. The minimum atomic E-state index is -4.44. The van der Waals surface area contributed by atoms with Gasteiger partial charge in [0.25, 0.3) is 0 Å². The molecule has 4 nitrogen and oxygen atoms in total. The molecule has 0 heterocycles. The molecule has 8 heteroatoms. The summed E-state index contributed by atoms with van der Waals surface area (Å²) in [6, 6.07) is 2.93. The number of halogens is 3. The van der Waals surface area contributed by atoms with E-state index in [1.165, 1.54) is 6.66 Å². The van der Waals surface area contributed by atoms with Crippen LogP contribution in [0.1, 0.15) is 12.0 Å². The molecule has 0 bridgehead atoms. The van der Waals surface area contributed by atoms with Crippen molar-refractivity contribution in [1.82, 2.24) is 0 Å². The Morgan fingerprint density at radius 1 is 1.35 bits per heavy atom. The van der Waals surface area contributed by atoms with E-state index < -0.39 is 30.9 Å². The number of rotatable bonds is 5. The summed E-state index contributed by atoms with van der Waals surface area (Å²) in [4.78, 5) is 10.6. The van der Waals surface area contributed by atoms with Crippen LogP contribution >= 0.6 is 7.14 Å². The third-order valence-corrected chi connectivity index (χ3v) is 5.43. The third-order valence-electron chi connectivity index (χ3n) is 2.92. The Morgan fingerprint density at radius 2 is 1.85 bits per heavy atom. The fraction of sp³-hybridized carbons (Fsp3) is 0.417. The van der Waals surface area contributed by atoms with Crippen LogP contribution in [0, 0.1) is 0 Å². The van der Waals surface area contributed by atoms with Gasteiger partial charge in [0.1, 0.15) is 13.2 Å². The molecule has 2 atom stereocenters. The molecule has 0 aliphatic heterocycles. The number of aliphatic carboxylic acids is 1. The highest BCUT2D eigenvalue weighted by atomic mass is 31.2.